The third kappa shape index (κ3) is 1.48. The van der Waals surface area contributed by atoms with Gasteiger partial charge < -0.3 is 0 Å². The number of amides is 2. The van der Waals surface area contributed by atoms with Crippen molar-refractivity contribution in [3.63, 3.8) is 0 Å². The fourth-order valence-corrected chi connectivity index (χ4v) is 0.822. The topological polar surface area (TPSA) is 46.2 Å². The van der Waals surface area contributed by atoms with Gasteiger partial charge >= 0.3 is 0 Å². The molecule has 4 heteroatoms. The summed E-state index contributed by atoms with van der Waals surface area (Å²) < 4.78 is 0. The van der Waals surface area contributed by atoms with Crippen LogP contribution < -0.4 is 5.32 Å². The Labute approximate surface area is 65.6 Å². The van der Waals surface area contributed by atoms with Crippen molar-refractivity contribution < 1.29 is 9.59 Å². The van der Waals surface area contributed by atoms with E-state index < -0.39 is 5.41 Å². The standard InChI is InChI=1S/C6H9NO2.ClH/c1-6(2)3-4(8)7-5(6)9;/h3H2,1-2H3,(H,7,8,9);1H. The zero-order chi connectivity index (χ0) is 7.07. The van der Waals surface area contributed by atoms with Crippen molar-refractivity contribution in [2.24, 2.45) is 5.41 Å². The molecule has 0 radical (unpaired) electrons. The quantitative estimate of drug-likeness (QED) is 0.528. The first-order valence-electron chi connectivity index (χ1n) is 2.87. The van der Waals surface area contributed by atoms with Crippen LogP contribution in [0.5, 0.6) is 0 Å². The SMILES string of the molecule is CC1(C)CC(=O)NC1=O.Cl. The summed E-state index contributed by atoms with van der Waals surface area (Å²) in [5, 5.41) is 2.23. The van der Waals surface area contributed by atoms with Crippen LogP contribution in [0.2, 0.25) is 0 Å². The van der Waals surface area contributed by atoms with Gasteiger partial charge in [-0.15, -0.1) is 12.4 Å². The van der Waals surface area contributed by atoms with Gasteiger partial charge in [-0.1, -0.05) is 13.8 Å². The predicted molar refractivity (Wildman–Crippen MR) is 38.8 cm³/mol. The second kappa shape index (κ2) is 2.58. The highest BCUT2D eigenvalue weighted by Gasteiger charge is 2.37. The van der Waals surface area contributed by atoms with Crippen molar-refractivity contribution in [3.05, 3.63) is 0 Å². The van der Waals surface area contributed by atoms with E-state index in [0.29, 0.717) is 6.42 Å². The fraction of sp³-hybridized carbons (Fsp3) is 0.667. The molecule has 0 aromatic rings. The van der Waals surface area contributed by atoms with E-state index in [4.69, 9.17) is 0 Å². The van der Waals surface area contributed by atoms with Crippen molar-refractivity contribution in [1.82, 2.24) is 5.32 Å². The van der Waals surface area contributed by atoms with E-state index in [1.54, 1.807) is 13.8 Å². The summed E-state index contributed by atoms with van der Waals surface area (Å²) in [5.74, 6) is -0.322. The Bertz CT molecular complexity index is 177. The molecule has 1 saturated heterocycles. The van der Waals surface area contributed by atoms with E-state index in [1.165, 1.54) is 0 Å². The molecule has 0 unspecified atom stereocenters. The van der Waals surface area contributed by atoms with Crippen LogP contribution in [-0.4, -0.2) is 11.8 Å². The summed E-state index contributed by atoms with van der Waals surface area (Å²) in [6.07, 6.45) is 0.325. The first-order valence-corrected chi connectivity index (χ1v) is 2.87. The molecule has 1 heterocycles. The van der Waals surface area contributed by atoms with Gasteiger partial charge in [0.2, 0.25) is 11.8 Å². The maximum Gasteiger partial charge on any atom is 0.232 e. The van der Waals surface area contributed by atoms with E-state index in [0.717, 1.165) is 0 Å². The molecule has 0 aromatic heterocycles. The lowest BCUT2D eigenvalue weighted by molar-refractivity contribution is -0.127. The molecule has 1 fully saturated rings. The van der Waals surface area contributed by atoms with E-state index >= 15 is 0 Å². The van der Waals surface area contributed by atoms with Crippen LogP contribution in [0.15, 0.2) is 0 Å². The van der Waals surface area contributed by atoms with E-state index in [2.05, 4.69) is 5.32 Å². The lowest BCUT2D eigenvalue weighted by atomic mass is 9.92. The minimum absolute atomic E-state index is 0. The minimum atomic E-state index is -0.475. The van der Waals surface area contributed by atoms with Gasteiger partial charge in [0.1, 0.15) is 0 Å². The number of imide groups is 1. The van der Waals surface area contributed by atoms with Crippen LogP contribution in [0.3, 0.4) is 0 Å². The Hall–Kier alpha value is -0.570. The zero-order valence-electron chi connectivity index (χ0n) is 5.93. The largest absolute Gasteiger partial charge is 0.296 e. The van der Waals surface area contributed by atoms with Crippen LogP contribution in [0.25, 0.3) is 0 Å². The molecule has 0 atom stereocenters. The fourth-order valence-electron chi connectivity index (χ4n) is 0.822. The van der Waals surface area contributed by atoms with Crippen molar-refractivity contribution >= 4 is 24.2 Å². The van der Waals surface area contributed by atoms with Crippen LogP contribution in [-0.2, 0) is 9.59 Å². The van der Waals surface area contributed by atoms with Gasteiger partial charge in [-0.3, -0.25) is 14.9 Å². The van der Waals surface area contributed by atoms with Gasteiger partial charge in [-0.05, 0) is 0 Å². The van der Waals surface area contributed by atoms with Crippen molar-refractivity contribution in [1.29, 1.82) is 0 Å². The normalized spacial score (nSPS) is 21.8. The van der Waals surface area contributed by atoms with Crippen LogP contribution >= 0.6 is 12.4 Å². The van der Waals surface area contributed by atoms with Gasteiger partial charge in [-0.25, -0.2) is 0 Å². The van der Waals surface area contributed by atoms with Crippen molar-refractivity contribution in [2.75, 3.05) is 0 Å². The van der Waals surface area contributed by atoms with Crippen LogP contribution in [0.4, 0.5) is 0 Å². The van der Waals surface area contributed by atoms with E-state index in [9.17, 15) is 9.59 Å². The Morgan fingerprint density at radius 1 is 1.40 bits per heavy atom. The molecular formula is C6H10ClNO2. The number of carbonyl (C=O) groups is 2. The Morgan fingerprint density at radius 2 is 1.90 bits per heavy atom. The van der Waals surface area contributed by atoms with E-state index in [-0.39, 0.29) is 24.2 Å². The summed E-state index contributed by atoms with van der Waals surface area (Å²) in [7, 11) is 0. The van der Waals surface area contributed by atoms with Gasteiger partial charge in [0.25, 0.3) is 0 Å². The molecule has 1 rings (SSSR count). The van der Waals surface area contributed by atoms with Crippen molar-refractivity contribution in [3.8, 4) is 0 Å². The lowest BCUT2D eigenvalue weighted by Gasteiger charge is -2.08. The maximum atomic E-state index is 10.8. The molecule has 1 aliphatic heterocycles. The summed E-state index contributed by atoms with van der Waals surface area (Å²) in [5.41, 5.74) is -0.475. The average molecular weight is 164 g/mol. The molecule has 1 aliphatic rings. The second-order valence-corrected chi connectivity index (χ2v) is 2.94. The maximum absolute atomic E-state index is 10.8. The zero-order valence-corrected chi connectivity index (χ0v) is 6.75. The number of hydrogen-bond donors (Lipinski definition) is 1. The summed E-state index contributed by atoms with van der Waals surface area (Å²) in [6, 6.07) is 0. The molecular weight excluding hydrogens is 154 g/mol. The molecule has 0 aromatic carbocycles. The molecule has 3 nitrogen and oxygen atoms in total. The van der Waals surface area contributed by atoms with Gasteiger partial charge in [-0.2, -0.15) is 0 Å². The first kappa shape index (κ1) is 9.43. The number of rotatable bonds is 0. The number of carbonyl (C=O) groups excluding carboxylic acids is 2. The smallest absolute Gasteiger partial charge is 0.232 e. The number of halogens is 1. The first-order chi connectivity index (χ1) is 4.02. The summed E-state index contributed by atoms with van der Waals surface area (Å²) in [6.45, 7) is 3.51. The third-order valence-electron chi connectivity index (χ3n) is 1.47. The predicted octanol–water partition coefficient (Wildman–Crippen LogP) is 0.481. The third-order valence-corrected chi connectivity index (χ3v) is 1.47. The van der Waals surface area contributed by atoms with Crippen molar-refractivity contribution in [2.45, 2.75) is 20.3 Å². The van der Waals surface area contributed by atoms with E-state index in [1.807, 2.05) is 0 Å². The highest BCUT2D eigenvalue weighted by Crippen LogP contribution is 2.24. The molecule has 0 spiro atoms. The number of hydrogen-bond acceptors (Lipinski definition) is 2. The monoisotopic (exact) mass is 163 g/mol. The van der Waals surface area contributed by atoms with Crippen LogP contribution in [0.1, 0.15) is 20.3 Å². The Balaban J connectivity index is 0.000000810. The highest BCUT2D eigenvalue weighted by molar-refractivity contribution is 6.05. The molecule has 58 valence electrons. The molecule has 1 N–H and O–H groups in total. The molecule has 10 heavy (non-hydrogen) atoms. The molecule has 0 saturated carbocycles. The van der Waals surface area contributed by atoms with Gasteiger partial charge in [0.15, 0.2) is 0 Å². The Kier molecular flexibility index (Phi) is 2.43. The molecule has 0 bridgehead atoms. The van der Waals surface area contributed by atoms with Gasteiger partial charge in [0, 0.05) is 6.42 Å². The summed E-state index contributed by atoms with van der Waals surface area (Å²) >= 11 is 0. The van der Waals surface area contributed by atoms with Gasteiger partial charge in [0.05, 0.1) is 5.41 Å². The average Bonchev–Trinajstić information content (AvgIpc) is 1.79. The Morgan fingerprint density at radius 3 is 2.00 bits per heavy atom. The minimum Gasteiger partial charge on any atom is -0.296 e. The second-order valence-electron chi connectivity index (χ2n) is 2.94. The summed E-state index contributed by atoms with van der Waals surface area (Å²) in [4.78, 5) is 21.3. The lowest BCUT2D eigenvalue weighted by Crippen LogP contribution is -2.26. The van der Waals surface area contributed by atoms with Crippen LogP contribution in [0, 0.1) is 5.41 Å². The highest BCUT2D eigenvalue weighted by atomic mass is 35.5. The number of nitrogens with one attached hydrogen (secondary N) is 1. The molecule has 0 aliphatic carbocycles. The molecule has 2 amide bonds.